The third-order valence-corrected chi connectivity index (χ3v) is 4.51. The quantitative estimate of drug-likeness (QED) is 0.768. The highest BCUT2D eigenvalue weighted by Crippen LogP contribution is 2.24. The standard InChI is InChI=1S/C13H20N4O3S/c1-8-5-17(6-9(2)21-8)13(20)16-11(12(18)19)3-10-4-14-7-15-10/h4,7-9,11H,3,5-6H2,1-2H3,(H,14,15)(H,16,20)(H,18,19). The Morgan fingerprint density at radius 1 is 1.52 bits per heavy atom. The maximum absolute atomic E-state index is 12.2. The molecule has 2 heterocycles. The lowest BCUT2D eigenvalue weighted by atomic mass is 10.1. The van der Waals surface area contributed by atoms with E-state index in [4.69, 9.17) is 0 Å². The number of carboxylic acid groups (broad SMARTS) is 1. The zero-order valence-electron chi connectivity index (χ0n) is 12.1. The van der Waals surface area contributed by atoms with Gasteiger partial charge in [-0.3, -0.25) is 0 Å². The summed E-state index contributed by atoms with van der Waals surface area (Å²) in [5.74, 6) is -1.05. The number of aromatic amines is 1. The Hall–Kier alpha value is -1.70. The number of aliphatic carboxylic acids is 1. The van der Waals surface area contributed by atoms with Gasteiger partial charge in [0.25, 0.3) is 0 Å². The van der Waals surface area contributed by atoms with Crippen LogP contribution in [0, 0.1) is 0 Å². The summed E-state index contributed by atoms with van der Waals surface area (Å²) in [7, 11) is 0. The van der Waals surface area contributed by atoms with E-state index >= 15 is 0 Å². The molecule has 3 unspecified atom stereocenters. The van der Waals surface area contributed by atoms with E-state index in [-0.39, 0.29) is 12.5 Å². The van der Waals surface area contributed by atoms with Crippen LogP contribution >= 0.6 is 11.8 Å². The van der Waals surface area contributed by atoms with Crippen LogP contribution in [0.2, 0.25) is 0 Å². The number of hydrogen-bond donors (Lipinski definition) is 3. The van der Waals surface area contributed by atoms with Crippen LogP contribution in [0.25, 0.3) is 0 Å². The molecule has 1 fully saturated rings. The van der Waals surface area contributed by atoms with E-state index in [1.807, 2.05) is 11.8 Å². The average Bonchev–Trinajstić information content (AvgIpc) is 2.89. The van der Waals surface area contributed by atoms with Gasteiger partial charge in [-0.05, 0) is 0 Å². The summed E-state index contributed by atoms with van der Waals surface area (Å²) in [6, 6.07) is -1.28. The first-order valence-corrected chi connectivity index (χ1v) is 7.81. The Kier molecular flexibility index (Phi) is 5.11. The molecule has 116 valence electrons. The Morgan fingerprint density at radius 3 is 2.71 bits per heavy atom. The number of carbonyl (C=O) groups is 2. The molecule has 0 aromatic carbocycles. The lowest BCUT2D eigenvalue weighted by Crippen LogP contribution is -2.53. The molecule has 3 N–H and O–H groups in total. The van der Waals surface area contributed by atoms with Gasteiger partial charge in [-0.15, -0.1) is 0 Å². The molecular formula is C13H20N4O3S. The molecule has 1 aromatic rings. The van der Waals surface area contributed by atoms with Gasteiger partial charge in [-0.1, -0.05) is 13.8 Å². The maximum atomic E-state index is 12.2. The molecule has 21 heavy (non-hydrogen) atoms. The summed E-state index contributed by atoms with van der Waals surface area (Å²) in [4.78, 5) is 31.9. The Bertz CT molecular complexity index is 484. The number of aromatic nitrogens is 2. The number of nitrogens with one attached hydrogen (secondary N) is 2. The van der Waals surface area contributed by atoms with Gasteiger partial charge in [-0.25, -0.2) is 14.6 Å². The van der Waals surface area contributed by atoms with Gasteiger partial charge in [0.15, 0.2) is 0 Å². The van der Waals surface area contributed by atoms with Crippen molar-refractivity contribution < 1.29 is 14.7 Å². The predicted molar refractivity (Wildman–Crippen MR) is 80.3 cm³/mol. The first-order valence-electron chi connectivity index (χ1n) is 6.86. The van der Waals surface area contributed by atoms with E-state index in [0.717, 1.165) is 0 Å². The highest BCUT2D eigenvalue weighted by atomic mass is 32.2. The van der Waals surface area contributed by atoms with Gasteiger partial charge in [0, 0.05) is 41.9 Å². The molecule has 0 spiro atoms. The molecule has 0 saturated carbocycles. The van der Waals surface area contributed by atoms with E-state index in [9.17, 15) is 14.7 Å². The predicted octanol–water partition coefficient (Wildman–Crippen LogP) is 0.941. The molecule has 1 saturated heterocycles. The molecule has 0 radical (unpaired) electrons. The second-order valence-corrected chi connectivity index (χ2v) is 7.17. The second kappa shape index (κ2) is 6.84. The zero-order chi connectivity index (χ0) is 15.4. The highest BCUT2D eigenvalue weighted by molar-refractivity contribution is 8.00. The van der Waals surface area contributed by atoms with Crippen molar-refractivity contribution in [2.24, 2.45) is 0 Å². The Labute approximate surface area is 127 Å². The van der Waals surface area contributed by atoms with Crippen LogP contribution in [0.3, 0.4) is 0 Å². The normalized spacial score (nSPS) is 23.6. The summed E-state index contributed by atoms with van der Waals surface area (Å²) in [5.41, 5.74) is 0.679. The van der Waals surface area contributed by atoms with E-state index in [0.29, 0.717) is 29.3 Å². The number of amides is 2. The van der Waals surface area contributed by atoms with Crippen molar-refractivity contribution in [2.45, 2.75) is 36.8 Å². The van der Waals surface area contributed by atoms with Crippen molar-refractivity contribution in [3.8, 4) is 0 Å². The summed E-state index contributed by atoms with van der Waals surface area (Å²) in [6.45, 7) is 5.41. The van der Waals surface area contributed by atoms with Crippen molar-refractivity contribution >= 4 is 23.8 Å². The number of urea groups is 1. The highest BCUT2D eigenvalue weighted by Gasteiger charge is 2.29. The van der Waals surface area contributed by atoms with Crippen LogP contribution in [0.15, 0.2) is 12.5 Å². The van der Waals surface area contributed by atoms with Crippen molar-refractivity contribution in [1.82, 2.24) is 20.2 Å². The number of nitrogens with zero attached hydrogens (tertiary/aromatic N) is 2. The lowest BCUT2D eigenvalue weighted by molar-refractivity contribution is -0.139. The van der Waals surface area contributed by atoms with Crippen molar-refractivity contribution in [1.29, 1.82) is 0 Å². The van der Waals surface area contributed by atoms with Gasteiger partial charge in [0.2, 0.25) is 0 Å². The van der Waals surface area contributed by atoms with Crippen molar-refractivity contribution in [3.63, 3.8) is 0 Å². The van der Waals surface area contributed by atoms with Crippen LogP contribution in [-0.4, -0.2) is 61.6 Å². The largest absolute Gasteiger partial charge is 0.480 e. The number of imidazole rings is 1. The number of H-pyrrole nitrogens is 1. The summed E-state index contributed by atoms with van der Waals surface area (Å²) >= 11 is 1.84. The number of carbonyl (C=O) groups excluding carboxylic acids is 1. The van der Waals surface area contributed by atoms with Gasteiger partial charge < -0.3 is 20.3 Å². The van der Waals surface area contributed by atoms with Gasteiger partial charge >= 0.3 is 12.0 Å². The van der Waals surface area contributed by atoms with Crippen LogP contribution in [0.4, 0.5) is 4.79 Å². The lowest BCUT2D eigenvalue weighted by Gasteiger charge is -2.35. The molecule has 0 bridgehead atoms. The fourth-order valence-corrected chi connectivity index (χ4v) is 3.73. The van der Waals surface area contributed by atoms with Crippen LogP contribution in [-0.2, 0) is 11.2 Å². The SMILES string of the molecule is CC1CN(C(=O)NC(Cc2cnc[nH]2)C(=O)O)CC(C)S1. The van der Waals surface area contributed by atoms with E-state index in [1.54, 1.807) is 11.1 Å². The van der Waals surface area contributed by atoms with Crippen molar-refractivity contribution in [3.05, 3.63) is 18.2 Å². The van der Waals surface area contributed by atoms with Crippen molar-refractivity contribution in [2.75, 3.05) is 13.1 Å². The third-order valence-electron chi connectivity index (χ3n) is 3.28. The monoisotopic (exact) mass is 312 g/mol. The fraction of sp³-hybridized carbons (Fsp3) is 0.615. The molecule has 3 atom stereocenters. The van der Waals surface area contributed by atoms with Gasteiger partial charge in [-0.2, -0.15) is 11.8 Å². The number of rotatable bonds is 4. The summed E-state index contributed by atoms with van der Waals surface area (Å²) in [5, 5.41) is 12.6. The summed E-state index contributed by atoms with van der Waals surface area (Å²) in [6.07, 6.45) is 3.24. The smallest absolute Gasteiger partial charge is 0.326 e. The molecule has 2 amide bonds. The molecular weight excluding hydrogens is 292 g/mol. The minimum absolute atomic E-state index is 0.189. The third kappa shape index (κ3) is 4.38. The molecule has 1 aromatic heterocycles. The van der Waals surface area contributed by atoms with E-state index < -0.39 is 12.0 Å². The van der Waals surface area contributed by atoms with E-state index in [2.05, 4.69) is 29.1 Å². The Morgan fingerprint density at radius 2 is 2.19 bits per heavy atom. The first-order chi connectivity index (χ1) is 9.95. The minimum atomic E-state index is -1.05. The van der Waals surface area contributed by atoms with Gasteiger partial charge in [0.1, 0.15) is 6.04 Å². The van der Waals surface area contributed by atoms with E-state index in [1.165, 1.54) is 6.33 Å². The summed E-state index contributed by atoms with van der Waals surface area (Å²) < 4.78 is 0. The molecule has 1 aliphatic heterocycles. The van der Waals surface area contributed by atoms with Crippen LogP contribution < -0.4 is 5.32 Å². The second-order valence-electron chi connectivity index (χ2n) is 5.28. The number of carboxylic acids is 1. The minimum Gasteiger partial charge on any atom is -0.480 e. The topological polar surface area (TPSA) is 98.3 Å². The average molecular weight is 312 g/mol. The number of thioether (sulfide) groups is 1. The molecule has 7 nitrogen and oxygen atoms in total. The number of hydrogen-bond acceptors (Lipinski definition) is 4. The molecule has 8 heteroatoms. The van der Waals surface area contributed by atoms with Crippen LogP contribution in [0.1, 0.15) is 19.5 Å². The van der Waals surface area contributed by atoms with Crippen LogP contribution in [0.5, 0.6) is 0 Å². The van der Waals surface area contributed by atoms with Gasteiger partial charge in [0.05, 0.1) is 6.33 Å². The maximum Gasteiger partial charge on any atom is 0.326 e. The zero-order valence-corrected chi connectivity index (χ0v) is 12.9. The molecule has 2 rings (SSSR count). The molecule has 0 aliphatic carbocycles. The fourth-order valence-electron chi connectivity index (χ4n) is 2.40. The first kappa shape index (κ1) is 15.7. The molecule has 1 aliphatic rings. The Balaban J connectivity index is 1.96.